The van der Waals surface area contributed by atoms with E-state index in [-0.39, 0.29) is 5.91 Å². The van der Waals surface area contributed by atoms with E-state index in [0.717, 1.165) is 25.7 Å². The highest BCUT2D eigenvalue weighted by molar-refractivity contribution is 7.21. The minimum Gasteiger partial charge on any atom is -0.337 e. The zero-order valence-electron chi connectivity index (χ0n) is 11.9. The summed E-state index contributed by atoms with van der Waals surface area (Å²) in [6, 6.07) is 12.0. The average Bonchev–Trinajstić information content (AvgIpc) is 3.19. The highest BCUT2D eigenvalue weighted by Crippen LogP contribution is 2.29. The Hall–Kier alpha value is -2.18. The zero-order chi connectivity index (χ0) is 15.1. The normalized spacial score (nSPS) is 11.3. The molecule has 0 aliphatic rings. The third kappa shape index (κ3) is 2.20. The molecular formula is C16H13N3OS2. The van der Waals surface area contributed by atoms with E-state index in [1.165, 1.54) is 11.3 Å². The maximum absolute atomic E-state index is 12.6. The van der Waals surface area contributed by atoms with Gasteiger partial charge in [0.2, 0.25) is 0 Å². The second-order valence-electron chi connectivity index (χ2n) is 5.12. The molecule has 0 N–H and O–H groups in total. The van der Waals surface area contributed by atoms with Gasteiger partial charge in [0.1, 0.15) is 4.83 Å². The predicted octanol–water partition coefficient (Wildman–Crippen LogP) is 3.88. The Morgan fingerprint density at radius 2 is 2.14 bits per heavy atom. The molecule has 0 unspecified atom stereocenters. The number of thiazole rings is 1. The smallest absolute Gasteiger partial charge is 0.264 e. The Balaban J connectivity index is 1.62. The number of fused-ring (bicyclic) bond motifs is 3. The lowest BCUT2D eigenvalue weighted by molar-refractivity contribution is 0.0790. The van der Waals surface area contributed by atoms with Gasteiger partial charge in [-0.15, -0.1) is 22.7 Å². The van der Waals surface area contributed by atoms with Gasteiger partial charge in [0.05, 0.1) is 10.4 Å². The fourth-order valence-electron chi connectivity index (χ4n) is 2.47. The van der Waals surface area contributed by atoms with Crippen LogP contribution in [0.5, 0.6) is 0 Å². The molecule has 0 spiro atoms. The number of imidazole rings is 1. The number of carbonyl (C=O) groups is 1. The fraction of sp³-hybridized carbons (Fsp3) is 0.125. The van der Waals surface area contributed by atoms with Gasteiger partial charge in [-0.3, -0.25) is 9.20 Å². The average molecular weight is 327 g/mol. The van der Waals surface area contributed by atoms with Gasteiger partial charge in [-0.2, -0.15) is 0 Å². The van der Waals surface area contributed by atoms with E-state index in [9.17, 15) is 4.79 Å². The van der Waals surface area contributed by atoms with Crippen molar-refractivity contribution in [2.75, 3.05) is 7.05 Å². The summed E-state index contributed by atoms with van der Waals surface area (Å²) in [6.07, 6.45) is 1.99. The molecule has 1 aromatic carbocycles. The molecule has 0 fully saturated rings. The molecule has 0 radical (unpaired) electrons. The molecule has 0 saturated heterocycles. The second-order valence-corrected chi connectivity index (χ2v) is 7.02. The molecule has 3 heterocycles. The Morgan fingerprint density at radius 1 is 1.32 bits per heavy atom. The third-order valence-corrected chi connectivity index (χ3v) is 5.32. The van der Waals surface area contributed by atoms with Crippen LogP contribution >= 0.6 is 22.7 Å². The monoisotopic (exact) mass is 327 g/mol. The molecule has 22 heavy (non-hydrogen) atoms. The SMILES string of the molecule is CN(Cc1ccccc1)C(=O)c1cc2c(nc3sccn32)s1. The van der Waals surface area contributed by atoms with Crippen LogP contribution < -0.4 is 0 Å². The highest BCUT2D eigenvalue weighted by Gasteiger charge is 2.18. The summed E-state index contributed by atoms with van der Waals surface area (Å²) >= 11 is 3.06. The first kappa shape index (κ1) is 13.5. The second kappa shape index (κ2) is 5.23. The molecule has 4 rings (SSSR count). The topological polar surface area (TPSA) is 37.6 Å². The minimum atomic E-state index is 0.0378. The van der Waals surface area contributed by atoms with Crippen molar-refractivity contribution in [1.29, 1.82) is 0 Å². The van der Waals surface area contributed by atoms with Crippen LogP contribution in [0.25, 0.3) is 15.3 Å². The van der Waals surface area contributed by atoms with Crippen LogP contribution in [0.3, 0.4) is 0 Å². The van der Waals surface area contributed by atoms with E-state index in [1.54, 1.807) is 16.2 Å². The van der Waals surface area contributed by atoms with Crippen molar-refractivity contribution in [3.05, 3.63) is 58.4 Å². The van der Waals surface area contributed by atoms with Crippen molar-refractivity contribution in [3.8, 4) is 0 Å². The first-order chi connectivity index (χ1) is 10.7. The van der Waals surface area contributed by atoms with Gasteiger partial charge in [0, 0.05) is 25.2 Å². The van der Waals surface area contributed by atoms with Gasteiger partial charge in [0.15, 0.2) is 4.96 Å². The van der Waals surface area contributed by atoms with Crippen molar-refractivity contribution < 1.29 is 4.79 Å². The van der Waals surface area contributed by atoms with Crippen molar-refractivity contribution in [1.82, 2.24) is 14.3 Å². The van der Waals surface area contributed by atoms with Crippen LogP contribution in [-0.2, 0) is 6.54 Å². The van der Waals surface area contributed by atoms with E-state index < -0.39 is 0 Å². The van der Waals surface area contributed by atoms with E-state index in [0.29, 0.717) is 6.54 Å². The molecule has 110 valence electrons. The summed E-state index contributed by atoms with van der Waals surface area (Å²) in [6.45, 7) is 0.607. The van der Waals surface area contributed by atoms with Crippen molar-refractivity contribution in [3.63, 3.8) is 0 Å². The predicted molar refractivity (Wildman–Crippen MR) is 90.7 cm³/mol. The van der Waals surface area contributed by atoms with Crippen molar-refractivity contribution in [2.45, 2.75) is 6.54 Å². The number of amides is 1. The molecule has 0 bridgehead atoms. The lowest BCUT2D eigenvalue weighted by Gasteiger charge is -2.16. The summed E-state index contributed by atoms with van der Waals surface area (Å²) in [5.74, 6) is 0.0378. The molecule has 4 nitrogen and oxygen atoms in total. The van der Waals surface area contributed by atoms with E-state index in [2.05, 4.69) is 4.98 Å². The van der Waals surface area contributed by atoms with Gasteiger partial charge >= 0.3 is 0 Å². The van der Waals surface area contributed by atoms with Crippen molar-refractivity contribution in [2.24, 2.45) is 0 Å². The molecule has 1 amide bonds. The van der Waals surface area contributed by atoms with Crippen LogP contribution in [0.1, 0.15) is 15.2 Å². The summed E-state index contributed by atoms with van der Waals surface area (Å²) in [4.78, 5) is 21.5. The largest absolute Gasteiger partial charge is 0.337 e. The Kier molecular flexibility index (Phi) is 3.20. The molecular weight excluding hydrogens is 314 g/mol. The van der Waals surface area contributed by atoms with E-state index >= 15 is 0 Å². The quantitative estimate of drug-likeness (QED) is 0.572. The lowest BCUT2D eigenvalue weighted by Crippen LogP contribution is -2.25. The van der Waals surface area contributed by atoms with Gasteiger partial charge in [0.25, 0.3) is 5.91 Å². The van der Waals surface area contributed by atoms with Gasteiger partial charge in [-0.25, -0.2) is 4.98 Å². The van der Waals surface area contributed by atoms with Crippen LogP contribution in [0.15, 0.2) is 48.0 Å². The van der Waals surface area contributed by atoms with Crippen LogP contribution in [0.2, 0.25) is 0 Å². The van der Waals surface area contributed by atoms with Gasteiger partial charge in [-0.05, 0) is 11.6 Å². The van der Waals surface area contributed by atoms with Gasteiger partial charge in [-0.1, -0.05) is 30.3 Å². The fourth-order valence-corrected chi connectivity index (χ4v) is 4.26. The molecule has 4 aromatic rings. The number of nitrogens with zero attached hydrogens (tertiary/aromatic N) is 3. The molecule has 0 saturated carbocycles. The molecule has 6 heteroatoms. The number of benzene rings is 1. The first-order valence-corrected chi connectivity index (χ1v) is 8.56. The van der Waals surface area contributed by atoms with Gasteiger partial charge < -0.3 is 4.90 Å². The highest BCUT2D eigenvalue weighted by atomic mass is 32.1. The summed E-state index contributed by atoms with van der Waals surface area (Å²) in [5, 5.41) is 2.00. The van der Waals surface area contributed by atoms with Crippen LogP contribution in [0, 0.1) is 0 Å². The van der Waals surface area contributed by atoms with E-state index in [4.69, 9.17) is 0 Å². The minimum absolute atomic E-state index is 0.0378. The number of rotatable bonds is 3. The summed E-state index contributed by atoms with van der Waals surface area (Å²) in [5.41, 5.74) is 2.14. The molecule has 0 aliphatic heterocycles. The van der Waals surface area contributed by atoms with Crippen LogP contribution in [-0.4, -0.2) is 27.2 Å². The molecule has 0 atom stereocenters. The van der Waals surface area contributed by atoms with E-state index in [1.807, 2.05) is 59.4 Å². The standard InChI is InChI=1S/C16H13N3OS2/c1-18(10-11-5-3-2-4-6-11)15(20)13-9-12-14(22-13)17-16-19(12)7-8-21-16/h2-9H,10H2,1H3. The summed E-state index contributed by atoms with van der Waals surface area (Å²) < 4.78 is 2.03. The molecule has 0 aliphatic carbocycles. The molecule has 3 aromatic heterocycles. The number of hydrogen-bond donors (Lipinski definition) is 0. The number of thiophene rings is 1. The number of carbonyl (C=O) groups excluding carboxylic acids is 1. The van der Waals surface area contributed by atoms with Crippen LogP contribution in [0.4, 0.5) is 0 Å². The lowest BCUT2D eigenvalue weighted by atomic mass is 10.2. The Labute approximate surface area is 135 Å². The number of hydrogen-bond acceptors (Lipinski definition) is 4. The third-order valence-electron chi connectivity index (χ3n) is 3.56. The zero-order valence-corrected chi connectivity index (χ0v) is 13.5. The first-order valence-electron chi connectivity index (χ1n) is 6.87. The number of aromatic nitrogens is 2. The summed E-state index contributed by atoms with van der Waals surface area (Å²) in [7, 11) is 1.83. The Morgan fingerprint density at radius 3 is 2.95 bits per heavy atom. The van der Waals surface area contributed by atoms with Crippen molar-refractivity contribution >= 4 is 43.9 Å². The maximum atomic E-state index is 12.6. The maximum Gasteiger partial charge on any atom is 0.264 e. The Bertz CT molecular complexity index is 952.